The van der Waals surface area contributed by atoms with Crippen LogP contribution in [0.2, 0.25) is 0 Å². The summed E-state index contributed by atoms with van der Waals surface area (Å²) in [4.78, 5) is 13.7. The van der Waals surface area contributed by atoms with Gasteiger partial charge < -0.3 is 9.64 Å². The Morgan fingerprint density at radius 3 is 3.00 bits per heavy atom. The molecule has 0 N–H and O–H groups in total. The quantitative estimate of drug-likeness (QED) is 0.775. The molecule has 3 nitrogen and oxygen atoms in total. The van der Waals surface area contributed by atoms with Crippen molar-refractivity contribution in [3.05, 3.63) is 23.8 Å². The third kappa shape index (κ3) is 2.25. The number of fused-ring (bicyclic) bond motifs is 1. The van der Waals surface area contributed by atoms with Gasteiger partial charge in [-0.15, -0.1) is 11.6 Å². The first-order valence-electron chi connectivity index (χ1n) is 5.85. The molecule has 1 heterocycles. The molecule has 1 atom stereocenters. The first-order chi connectivity index (χ1) is 8.15. The molecule has 0 fully saturated rings. The molecule has 4 heteroatoms. The number of hydrogen-bond acceptors (Lipinski definition) is 2. The smallest absolute Gasteiger partial charge is 0.244 e. The molecule has 0 saturated carbocycles. The number of carbonyl (C=O) groups is 1. The maximum Gasteiger partial charge on any atom is 0.244 e. The van der Waals surface area contributed by atoms with E-state index in [4.69, 9.17) is 16.3 Å². The lowest BCUT2D eigenvalue weighted by atomic mass is 10.1. The van der Waals surface area contributed by atoms with Crippen LogP contribution in [0.25, 0.3) is 0 Å². The minimum absolute atomic E-state index is 0.0425. The highest BCUT2D eigenvalue weighted by molar-refractivity contribution is 6.32. The number of halogens is 1. The van der Waals surface area contributed by atoms with Crippen LogP contribution in [0.3, 0.4) is 0 Å². The molecule has 92 valence electrons. The van der Waals surface area contributed by atoms with Gasteiger partial charge in [-0.05, 0) is 32.4 Å². The summed E-state index contributed by atoms with van der Waals surface area (Å²) in [6.45, 7) is 4.98. The van der Waals surface area contributed by atoms with Crippen molar-refractivity contribution in [3.8, 4) is 5.75 Å². The number of nitrogens with zero attached hydrogens (tertiary/aromatic N) is 1. The van der Waals surface area contributed by atoms with E-state index in [1.165, 1.54) is 0 Å². The zero-order valence-electron chi connectivity index (χ0n) is 10.1. The van der Waals surface area contributed by atoms with Gasteiger partial charge in [0.25, 0.3) is 0 Å². The Balaban J connectivity index is 2.32. The highest BCUT2D eigenvalue weighted by atomic mass is 35.5. The second kappa shape index (κ2) is 4.96. The summed E-state index contributed by atoms with van der Waals surface area (Å²) in [5.74, 6) is 0.835. The summed E-state index contributed by atoms with van der Waals surface area (Å²) < 4.78 is 5.57. The lowest BCUT2D eigenvalue weighted by molar-refractivity contribution is -0.117. The molecule has 2 rings (SSSR count). The van der Waals surface area contributed by atoms with Crippen LogP contribution in [-0.4, -0.2) is 24.4 Å². The van der Waals surface area contributed by atoms with Crippen LogP contribution in [0.15, 0.2) is 18.2 Å². The molecule has 0 aromatic heterocycles. The minimum Gasteiger partial charge on any atom is -0.494 e. The van der Waals surface area contributed by atoms with E-state index in [0.29, 0.717) is 13.2 Å². The maximum atomic E-state index is 11.9. The molecule has 0 radical (unpaired) electrons. The van der Waals surface area contributed by atoms with Gasteiger partial charge in [0.1, 0.15) is 11.1 Å². The topological polar surface area (TPSA) is 29.5 Å². The molecule has 0 bridgehead atoms. The summed E-state index contributed by atoms with van der Waals surface area (Å²) >= 11 is 5.85. The standard InChI is InChI=1S/C13H16ClNO2/c1-3-17-12-6-4-5-11-10(12)7-8-15(11)13(16)9(2)14/h4-6,9H,3,7-8H2,1-2H3. The van der Waals surface area contributed by atoms with Crippen molar-refractivity contribution in [3.63, 3.8) is 0 Å². The van der Waals surface area contributed by atoms with Crippen molar-refractivity contribution in [1.82, 2.24) is 0 Å². The fourth-order valence-corrected chi connectivity index (χ4v) is 2.25. The number of alkyl halides is 1. The van der Waals surface area contributed by atoms with Gasteiger partial charge in [0, 0.05) is 12.1 Å². The molecule has 17 heavy (non-hydrogen) atoms. The number of rotatable bonds is 3. The van der Waals surface area contributed by atoms with E-state index in [-0.39, 0.29) is 5.91 Å². The van der Waals surface area contributed by atoms with Crippen molar-refractivity contribution < 1.29 is 9.53 Å². The number of carbonyl (C=O) groups excluding carboxylic acids is 1. The van der Waals surface area contributed by atoms with Crippen molar-refractivity contribution in [1.29, 1.82) is 0 Å². The molecule has 1 amide bonds. The van der Waals surface area contributed by atoms with Gasteiger partial charge in [-0.2, -0.15) is 0 Å². The van der Waals surface area contributed by atoms with Crippen molar-refractivity contribution in [2.75, 3.05) is 18.1 Å². The molecule has 0 aliphatic carbocycles. The second-order valence-corrected chi connectivity index (χ2v) is 4.70. The molecular formula is C13H16ClNO2. The third-order valence-electron chi connectivity index (χ3n) is 2.89. The average Bonchev–Trinajstić information content (AvgIpc) is 2.73. The van der Waals surface area contributed by atoms with Crippen LogP contribution < -0.4 is 9.64 Å². The summed E-state index contributed by atoms with van der Waals surface area (Å²) in [7, 11) is 0. The number of benzene rings is 1. The Kier molecular flexibility index (Phi) is 3.57. The van der Waals surface area contributed by atoms with E-state index in [1.54, 1.807) is 11.8 Å². The van der Waals surface area contributed by atoms with Gasteiger partial charge in [-0.1, -0.05) is 6.07 Å². The Labute approximate surface area is 106 Å². The summed E-state index contributed by atoms with van der Waals surface area (Å²) in [5.41, 5.74) is 2.05. The van der Waals surface area contributed by atoms with Crippen LogP contribution >= 0.6 is 11.6 Å². The number of ether oxygens (including phenoxy) is 1. The van der Waals surface area contributed by atoms with E-state index in [2.05, 4.69) is 0 Å². The van der Waals surface area contributed by atoms with E-state index in [1.807, 2.05) is 25.1 Å². The van der Waals surface area contributed by atoms with Crippen LogP contribution in [0.5, 0.6) is 5.75 Å². The Hall–Kier alpha value is -1.22. The highest BCUT2D eigenvalue weighted by Gasteiger charge is 2.28. The average molecular weight is 254 g/mol. The van der Waals surface area contributed by atoms with Gasteiger partial charge in [-0.25, -0.2) is 0 Å². The molecule has 1 unspecified atom stereocenters. The van der Waals surface area contributed by atoms with E-state index in [0.717, 1.165) is 23.4 Å². The lowest BCUT2D eigenvalue weighted by Gasteiger charge is -2.19. The largest absolute Gasteiger partial charge is 0.494 e. The first-order valence-corrected chi connectivity index (χ1v) is 6.29. The van der Waals surface area contributed by atoms with Crippen LogP contribution in [0.4, 0.5) is 5.69 Å². The van der Waals surface area contributed by atoms with Crippen molar-refractivity contribution in [2.45, 2.75) is 25.6 Å². The Morgan fingerprint density at radius 1 is 1.59 bits per heavy atom. The molecule has 1 aliphatic heterocycles. The van der Waals surface area contributed by atoms with Crippen LogP contribution in [0.1, 0.15) is 19.4 Å². The van der Waals surface area contributed by atoms with E-state index in [9.17, 15) is 4.79 Å². The van der Waals surface area contributed by atoms with Crippen LogP contribution in [0, 0.1) is 0 Å². The number of hydrogen-bond donors (Lipinski definition) is 0. The van der Waals surface area contributed by atoms with Gasteiger partial charge >= 0.3 is 0 Å². The Morgan fingerprint density at radius 2 is 2.35 bits per heavy atom. The maximum absolute atomic E-state index is 11.9. The first kappa shape index (κ1) is 12.2. The number of amides is 1. The highest BCUT2D eigenvalue weighted by Crippen LogP contribution is 2.35. The fraction of sp³-hybridized carbons (Fsp3) is 0.462. The predicted molar refractivity (Wildman–Crippen MR) is 69.0 cm³/mol. The SMILES string of the molecule is CCOc1cccc2c1CCN2C(=O)C(C)Cl. The zero-order chi connectivity index (χ0) is 12.4. The lowest BCUT2D eigenvalue weighted by Crippen LogP contribution is -2.34. The summed E-state index contributed by atoms with van der Waals surface area (Å²) in [6, 6.07) is 5.80. The van der Waals surface area contributed by atoms with Gasteiger partial charge in [0.2, 0.25) is 5.91 Å². The van der Waals surface area contributed by atoms with Crippen molar-refractivity contribution >= 4 is 23.2 Å². The fourth-order valence-electron chi connectivity index (χ4n) is 2.14. The second-order valence-electron chi connectivity index (χ2n) is 4.04. The molecule has 1 aliphatic rings. The van der Waals surface area contributed by atoms with Crippen LogP contribution in [-0.2, 0) is 11.2 Å². The molecular weight excluding hydrogens is 238 g/mol. The van der Waals surface area contributed by atoms with Crippen molar-refractivity contribution in [2.24, 2.45) is 0 Å². The Bertz CT molecular complexity index is 431. The monoisotopic (exact) mass is 253 g/mol. The minimum atomic E-state index is -0.489. The number of anilines is 1. The summed E-state index contributed by atoms with van der Waals surface area (Å²) in [6.07, 6.45) is 0.834. The zero-order valence-corrected chi connectivity index (χ0v) is 10.8. The van der Waals surface area contributed by atoms with E-state index < -0.39 is 5.38 Å². The van der Waals surface area contributed by atoms with Gasteiger partial charge in [0.15, 0.2) is 0 Å². The van der Waals surface area contributed by atoms with E-state index >= 15 is 0 Å². The third-order valence-corrected chi connectivity index (χ3v) is 3.08. The normalized spacial score (nSPS) is 15.6. The summed E-state index contributed by atoms with van der Waals surface area (Å²) in [5, 5.41) is -0.489. The molecule has 1 aromatic rings. The molecule has 0 spiro atoms. The predicted octanol–water partition coefficient (Wildman–Crippen LogP) is 2.60. The van der Waals surface area contributed by atoms with Gasteiger partial charge in [0.05, 0.1) is 12.3 Å². The molecule has 0 saturated heterocycles. The molecule has 1 aromatic carbocycles. The van der Waals surface area contributed by atoms with Gasteiger partial charge in [-0.3, -0.25) is 4.79 Å².